The highest BCUT2D eigenvalue weighted by molar-refractivity contribution is 7.80. The summed E-state index contributed by atoms with van der Waals surface area (Å²) < 4.78 is 16.7. The van der Waals surface area contributed by atoms with E-state index in [0.717, 1.165) is 28.2 Å². The molecule has 0 bridgehead atoms. The first-order valence-electron chi connectivity index (χ1n) is 10.2. The smallest absolute Gasteiger partial charge is 0.176 e. The van der Waals surface area contributed by atoms with E-state index in [0.29, 0.717) is 39.1 Å². The minimum atomic E-state index is -0.271. The van der Waals surface area contributed by atoms with Crippen molar-refractivity contribution < 1.29 is 4.39 Å². The average molecular weight is 538 g/mol. The Hall–Kier alpha value is -2.65. The van der Waals surface area contributed by atoms with Gasteiger partial charge < -0.3 is 10.6 Å². The van der Waals surface area contributed by atoms with Crippen molar-refractivity contribution in [3.63, 3.8) is 0 Å². The van der Waals surface area contributed by atoms with Crippen LogP contribution in [0.4, 0.5) is 15.9 Å². The fraction of sp³-hybridized carbons (Fsp3) is 0.174. The molecule has 0 spiro atoms. The predicted molar refractivity (Wildman–Crippen MR) is 140 cm³/mol. The van der Waals surface area contributed by atoms with Gasteiger partial charge in [-0.1, -0.05) is 53.0 Å². The highest BCUT2D eigenvalue weighted by atomic mass is 35.5. The van der Waals surface area contributed by atoms with E-state index < -0.39 is 0 Å². The zero-order valence-corrected chi connectivity index (χ0v) is 21.3. The zero-order valence-electron chi connectivity index (χ0n) is 18.2. The summed E-state index contributed by atoms with van der Waals surface area (Å²) in [6, 6.07) is 11.7. The van der Waals surface area contributed by atoms with E-state index in [1.165, 1.54) is 12.1 Å². The minimum absolute atomic E-state index is 0.271. The summed E-state index contributed by atoms with van der Waals surface area (Å²) in [7, 11) is 0. The fourth-order valence-electron chi connectivity index (χ4n) is 3.45. The van der Waals surface area contributed by atoms with Crippen molar-refractivity contribution >= 4 is 63.6 Å². The summed E-state index contributed by atoms with van der Waals surface area (Å²) in [5.74, 6) is 0.128. The van der Waals surface area contributed by atoms with Gasteiger partial charge in [0.25, 0.3) is 0 Å². The van der Waals surface area contributed by atoms with Gasteiger partial charge in [-0.05, 0) is 55.9 Å². The predicted octanol–water partition coefficient (Wildman–Crippen LogP) is 6.70. The first kappa shape index (κ1) is 24.5. The van der Waals surface area contributed by atoms with E-state index >= 15 is 0 Å². The molecule has 176 valence electrons. The molecule has 4 rings (SSSR count). The third-order valence-corrected chi connectivity index (χ3v) is 6.39. The van der Waals surface area contributed by atoms with Gasteiger partial charge in [0.2, 0.25) is 0 Å². The highest BCUT2D eigenvalue weighted by Gasteiger charge is 2.16. The number of hydrogen-bond acceptors (Lipinski definition) is 3. The van der Waals surface area contributed by atoms with Gasteiger partial charge in [-0.2, -0.15) is 10.2 Å². The number of benzene rings is 2. The van der Waals surface area contributed by atoms with E-state index in [2.05, 4.69) is 20.8 Å². The molecule has 11 heteroatoms. The van der Waals surface area contributed by atoms with E-state index in [9.17, 15) is 4.39 Å². The van der Waals surface area contributed by atoms with Crippen molar-refractivity contribution in [3.05, 3.63) is 92.1 Å². The molecule has 2 N–H and O–H groups in total. The molecule has 34 heavy (non-hydrogen) atoms. The van der Waals surface area contributed by atoms with Gasteiger partial charge in [-0.15, -0.1) is 0 Å². The number of aromatic nitrogens is 4. The highest BCUT2D eigenvalue weighted by Crippen LogP contribution is 2.27. The summed E-state index contributed by atoms with van der Waals surface area (Å²) in [6.07, 6.45) is 1.67. The lowest BCUT2D eigenvalue weighted by Gasteiger charge is -2.10. The molecule has 0 saturated heterocycles. The zero-order chi connectivity index (χ0) is 24.4. The van der Waals surface area contributed by atoms with Crippen molar-refractivity contribution in [2.75, 3.05) is 10.6 Å². The van der Waals surface area contributed by atoms with Crippen molar-refractivity contribution in [1.82, 2.24) is 19.6 Å². The fourth-order valence-corrected chi connectivity index (χ4v) is 4.37. The Kier molecular flexibility index (Phi) is 7.42. The summed E-state index contributed by atoms with van der Waals surface area (Å²) in [6.45, 7) is 4.68. The van der Waals surface area contributed by atoms with Gasteiger partial charge >= 0.3 is 0 Å². The molecule has 0 atom stereocenters. The molecule has 0 saturated carbocycles. The third kappa shape index (κ3) is 5.52. The number of nitrogens with zero attached hydrogens (tertiary/aromatic N) is 4. The first-order chi connectivity index (χ1) is 16.2. The molecule has 0 aliphatic rings. The maximum atomic E-state index is 13.2. The Morgan fingerprint density at radius 3 is 2.29 bits per heavy atom. The largest absolute Gasteiger partial charge is 0.329 e. The van der Waals surface area contributed by atoms with Gasteiger partial charge in [0.05, 0.1) is 30.2 Å². The number of rotatable bonds is 6. The number of hydrogen-bond donors (Lipinski definition) is 2. The lowest BCUT2D eigenvalue weighted by molar-refractivity contribution is 0.622. The normalized spacial score (nSPS) is 11.0. The lowest BCUT2D eigenvalue weighted by Crippen LogP contribution is -2.20. The maximum absolute atomic E-state index is 13.2. The molecule has 0 aliphatic carbocycles. The van der Waals surface area contributed by atoms with E-state index in [-0.39, 0.29) is 5.82 Å². The maximum Gasteiger partial charge on any atom is 0.176 e. The monoisotopic (exact) mass is 536 g/mol. The van der Waals surface area contributed by atoms with E-state index in [4.69, 9.17) is 47.0 Å². The second-order valence-corrected chi connectivity index (χ2v) is 9.26. The number of thiocarbonyl (C=S) groups is 1. The number of halogens is 4. The Balaban J connectivity index is 1.45. The molecule has 0 aliphatic heterocycles. The van der Waals surface area contributed by atoms with Crippen molar-refractivity contribution in [1.29, 1.82) is 0 Å². The molecule has 4 aromatic rings. The summed E-state index contributed by atoms with van der Waals surface area (Å²) in [5, 5.41) is 17.0. The number of anilines is 2. The minimum Gasteiger partial charge on any atom is -0.329 e. The van der Waals surface area contributed by atoms with Crippen LogP contribution >= 0.6 is 47.0 Å². The Morgan fingerprint density at radius 1 is 0.941 bits per heavy atom. The topological polar surface area (TPSA) is 59.7 Å². The number of aryl methyl sites for hydroxylation is 1. The van der Waals surface area contributed by atoms with E-state index in [1.807, 2.05) is 18.5 Å². The molecular weight excluding hydrogens is 518 g/mol. The molecular formula is C23H20Cl3FN6S. The standard InChI is InChI=1S/C23H20Cl3FN6S/c1-13-21(14(2)33(30-13)10-15-6-8-16(27)9-7-15)28-23(34)29-22-20(26)12-32(31-22)11-17-18(24)4-3-5-19(17)25/h3-9,12H,10-11H2,1-2H3,(H2,28,29,31,34). The molecule has 0 fully saturated rings. The molecule has 2 heterocycles. The summed E-state index contributed by atoms with van der Waals surface area (Å²) in [4.78, 5) is 0. The van der Waals surface area contributed by atoms with Crippen molar-refractivity contribution in [2.45, 2.75) is 26.9 Å². The second-order valence-electron chi connectivity index (χ2n) is 7.63. The van der Waals surface area contributed by atoms with Crippen LogP contribution in [-0.2, 0) is 13.1 Å². The first-order valence-corrected chi connectivity index (χ1v) is 11.8. The van der Waals surface area contributed by atoms with Gasteiger partial charge in [-0.25, -0.2) is 4.39 Å². The number of nitrogens with one attached hydrogen (secondary N) is 2. The molecule has 2 aromatic carbocycles. The van der Waals surface area contributed by atoms with Gasteiger partial charge in [0.1, 0.15) is 10.8 Å². The average Bonchev–Trinajstić information content (AvgIpc) is 3.25. The Labute approximate surface area is 216 Å². The van der Waals surface area contributed by atoms with Crippen LogP contribution in [0.5, 0.6) is 0 Å². The van der Waals surface area contributed by atoms with Crippen LogP contribution in [0, 0.1) is 19.7 Å². The second kappa shape index (κ2) is 10.3. The molecule has 0 unspecified atom stereocenters. The lowest BCUT2D eigenvalue weighted by atomic mass is 10.2. The van der Waals surface area contributed by atoms with Crippen LogP contribution in [0.3, 0.4) is 0 Å². The van der Waals surface area contributed by atoms with E-state index in [1.54, 1.807) is 41.2 Å². The molecule has 0 amide bonds. The van der Waals surface area contributed by atoms with Crippen LogP contribution in [-0.4, -0.2) is 24.7 Å². The van der Waals surface area contributed by atoms with Crippen molar-refractivity contribution in [3.8, 4) is 0 Å². The van der Waals surface area contributed by atoms with Crippen LogP contribution in [0.15, 0.2) is 48.7 Å². The Morgan fingerprint density at radius 2 is 1.62 bits per heavy atom. The van der Waals surface area contributed by atoms with Gasteiger partial charge in [-0.3, -0.25) is 9.36 Å². The SMILES string of the molecule is Cc1nn(Cc2ccc(F)cc2)c(C)c1NC(=S)Nc1nn(Cc2c(Cl)cccc2Cl)cc1Cl. The van der Waals surface area contributed by atoms with Crippen LogP contribution < -0.4 is 10.6 Å². The quantitative estimate of drug-likeness (QED) is 0.268. The van der Waals surface area contributed by atoms with Crippen LogP contribution in [0.25, 0.3) is 0 Å². The molecule has 2 aromatic heterocycles. The van der Waals surface area contributed by atoms with Crippen LogP contribution in [0.1, 0.15) is 22.5 Å². The van der Waals surface area contributed by atoms with Gasteiger partial charge in [0, 0.05) is 21.8 Å². The van der Waals surface area contributed by atoms with Gasteiger partial charge in [0.15, 0.2) is 10.9 Å². The molecule has 0 radical (unpaired) electrons. The Bertz CT molecular complexity index is 1330. The summed E-state index contributed by atoms with van der Waals surface area (Å²) in [5.41, 5.74) is 4.12. The van der Waals surface area contributed by atoms with Crippen LogP contribution in [0.2, 0.25) is 15.1 Å². The summed E-state index contributed by atoms with van der Waals surface area (Å²) >= 11 is 24.4. The molecule has 6 nitrogen and oxygen atoms in total. The third-order valence-electron chi connectivity index (χ3n) is 5.20. The van der Waals surface area contributed by atoms with Crippen molar-refractivity contribution in [2.24, 2.45) is 0 Å².